The average Bonchev–Trinajstić information content (AvgIpc) is 3.54. The SMILES string of the molecule is O=C(c1ncoc1-c1ccccc1)N(CC[NH+]1CCOCC1)C[C@H]1C[C@H]2C=C[C@H]1C2. The molecule has 2 fully saturated rings. The highest BCUT2D eigenvalue weighted by molar-refractivity contribution is 5.97. The van der Waals surface area contributed by atoms with Crippen LogP contribution in [0.1, 0.15) is 23.3 Å². The molecule has 158 valence electrons. The number of hydrogen-bond donors (Lipinski definition) is 1. The van der Waals surface area contributed by atoms with Crippen LogP contribution in [0.5, 0.6) is 0 Å². The van der Waals surface area contributed by atoms with E-state index in [0.29, 0.717) is 29.2 Å². The minimum atomic E-state index is -0.0120. The molecule has 3 aliphatic rings. The van der Waals surface area contributed by atoms with Crippen molar-refractivity contribution in [1.29, 1.82) is 0 Å². The van der Waals surface area contributed by atoms with Crippen LogP contribution in [-0.2, 0) is 4.74 Å². The number of carbonyl (C=O) groups excluding carboxylic acids is 1. The molecule has 6 nitrogen and oxygen atoms in total. The van der Waals surface area contributed by atoms with Gasteiger partial charge in [-0.15, -0.1) is 0 Å². The Morgan fingerprint density at radius 1 is 1.13 bits per heavy atom. The first-order valence-corrected chi connectivity index (χ1v) is 11.2. The molecule has 1 aromatic carbocycles. The molecule has 0 spiro atoms. The number of amides is 1. The summed E-state index contributed by atoms with van der Waals surface area (Å²) in [6.07, 6.45) is 8.55. The topological polar surface area (TPSA) is 60.0 Å². The monoisotopic (exact) mass is 408 g/mol. The molecule has 3 atom stereocenters. The largest absolute Gasteiger partial charge is 0.443 e. The Labute approximate surface area is 177 Å². The van der Waals surface area contributed by atoms with Gasteiger partial charge in [0.2, 0.25) is 0 Å². The number of nitrogens with one attached hydrogen (secondary N) is 1. The number of oxazole rings is 1. The molecule has 2 aromatic rings. The molecule has 2 bridgehead atoms. The standard InChI is InChI=1S/C24H29N3O3/c28-24(22-23(30-17-25-22)19-4-2-1-3-5-19)27(9-8-26-10-12-29-13-11-26)16-21-15-18-6-7-20(21)14-18/h1-7,17-18,20-21H,8-16H2/p+1/t18-,20-,21+/m0/s1. The van der Waals surface area contributed by atoms with Crippen LogP contribution in [0.15, 0.2) is 53.3 Å². The highest BCUT2D eigenvalue weighted by atomic mass is 16.5. The molecule has 1 amide bonds. The van der Waals surface area contributed by atoms with Gasteiger partial charge in [0.15, 0.2) is 17.8 Å². The molecule has 1 saturated heterocycles. The maximum atomic E-state index is 13.6. The number of allylic oxidation sites excluding steroid dienone is 2. The third kappa shape index (κ3) is 4.07. The van der Waals surface area contributed by atoms with Crippen LogP contribution in [0.2, 0.25) is 0 Å². The number of aromatic nitrogens is 1. The van der Waals surface area contributed by atoms with Gasteiger partial charge in [0.1, 0.15) is 13.1 Å². The molecule has 0 unspecified atom stereocenters. The van der Waals surface area contributed by atoms with Crippen LogP contribution in [0.4, 0.5) is 0 Å². The summed E-state index contributed by atoms with van der Waals surface area (Å²) < 4.78 is 11.1. The van der Waals surface area contributed by atoms with Crippen LogP contribution in [0, 0.1) is 17.8 Å². The predicted octanol–water partition coefficient (Wildman–Crippen LogP) is 1.91. The number of ether oxygens (including phenoxy) is 1. The van der Waals surface area contributed by atoms with Gasteiger partial charge < -0.3 is 19.0 Å². The number of quaternary nitrogens is 1. The molecular formula is C24H30N3O3+. The maximum absolute atomic E-state index is 13.6. The van der Waals surface area contributed by atoms with E-state index in [1.165, 1.54) is 24.1 Å². The fraction of sp³-hybridized carbons (Fsp3) is 0.500. The highest BCUT2D eigenvalue weighted by Crippen LogP contribution is 2.43. The third-order valence-electron chi connectivity index (χ3n) is 6.90. The van der Waals surface area contributed by atoms with E-state index in [4.69, 9.17) is 9.15 Å². The zero-order valence-corrected chi connectivity index (χ0v) is 17.3. The molecule has 30 heavy (non-hydrogen) atoms. The van der Waals surface area contributed by atoms with Crippen molar-refractivity contribution in [2.45, 2.75) is 12.8 Å². The number of hydrogen-bond acceptors (Lipinski definition) is 4. The summed E-state index contributed by atoms with van der Waals surface area (Å²) in [6.45, 7) is 6.13. The van der Waals surface area contributed by atoms with Gasteiger partial charge >= 0.3 is 0 Å². The highest BCUT2D eigenvalue weighted by Gasteiger charge is 2.38. The van der Waals surface area contributed by atoms with Gasteiger partial charge in [-0.25, -0.2) is 4.98 Å². The molecule has 2 heterocycles. The smallest absolute Gasteiger partial charge is 0.276 e. The third-order valence-corrected chi connectivity index (χ3v) is 6.90. The van der Waals surface area contributed by atoms with E-state index in [1.807, 2.05) is 35.2 Å². The van der Waals surface area contributed by atoms with E-state index in [-0.39, 0.29) is 5.91 Å². The number of rotatable bonds is 7. The first kappa shape index (κ1) is 19.5. The lowest BCUT2D eigenvalue weighted by molar-refractivity contribution is -0.907. The summed E-state index contributed by atoms with van der Waals surface area (Å²) in [5.74, 6) is 2.43. The molecule has 6 heteroatoms. The van der Waals surface area contributed by atoms with E-state index >= 15 is 0 Å². The quantitative estimate of drug-likeness (QED) is 0.711. The van der Waals surface area contributed by atoms with Crippen LogP contribution in [-0.4, -0.2) is 61.7 Å². The molecule has 2 aliphatic carbocycles. The zero-order valence-electron chi connectivity index (χ0n) is 17.3. The van der Waals surface area contributed by atoms with Crippen molar-refractivity contribution in [3.05, 3.63) is 54.6 Å². The summed E-state index contributed by atoms with van der Waals surface area (Å²) in [5, 5.41) is 0. The van der Waals surface area contributed by atoms with E-state index in [9.17, 15) is 4.79 Å². The van der Waals surface area contributed by atoms with Crippen LogP contribution in [0.25, 0.3) is 11.3 Å². The van der Waals surface area contributed by atoms with Gasteiger partial charge in [0.05, 0.1) is 26.3 Å². The van der Waals surface area contributed by atoms with Gasteiger partial charge in [0, 0.05) is 12.1 Å². The van der Waals surface area contributed by atoms with Crippen molar-refractivity contribution in [2.24, 2.45) is 17.8 Å². The Kier molecular flexibility index (Phi) is 5.69. The zero-order chi connectivity index (χ0) is 20.3. The Balaban J connectivity index is 1.34. The predicted molar refractivity (Wildman–Crippen MR) is 113 cm³/mol. The number of benzene rings is 1. The Morgan fingerprint density at radius 3 is 2.70 bits per heavy atom. The van der Waals surface area contributed by atoms with E-state index < -0.39 is 0 Å². The summed E-state index contributed by atoms with van der Waals surface area (Å²) in [4.78, 5) is 21.5. The number of morpholine rings is 1. The van der Waals surface area contributed by atoms with E-state index in [1.54, 1.807) is 0 Å². The second-order valence-corrected chi connectivity index (χ2v) is 8.80. The lowest BCUT2D eigenvalue weighted by Crippen LogP contribution is -3.14. The van der Waals surface area contributed by atoms with Crippen molar-refractivity contribution in [3.8, 4) is 11.3 Å². The molecule has 1 aromatic heterocycles. The fourth-order valence-electron chi connectivity index (χ4n) is 5.21. The minimum Gasteiger partial charge on any atom is -0.443 e. The average molecular weight is 409 g/mol. The van der Waals surface area contributed by atoms with E-state index in [0.717, 1.165) is 51.5 Å². The maximum Gasteiger partial charge on any atom is 0.276 e. The van der Waals surface area contributed by atoms with Gasteiger partial charge in [-0.05, 0) is 30.6 Å². The second kappa shape index (κ2) is 8.74. The number of nitrogens with zero attached hydrogens (tertiary/aromatic N) is 2. The number of fused-ring (bicyclic) bond motifs is 2. The second-order valence-electron chi connectivity index (χ2n) is 8.80. The molecule has 1 saturated carbocycles. The van der Waals surface area contributed by atoms with E-state index in [2.05, 4.69) is 17.1 Å². The molecule has 0 radical (unpaired) electrons. The Bertz CT molecular complexity index is 888. The van der Waals surface area contributed by atoms with Crippen LogP contribution >= 0.6 is 0 Å². The molecule has 1 N–H and O–H groups in total. The summed E-state index contributed by atoms with van der Waals surface area (Å²) in [5.41, 5.74) is 1.32. The Morgan fingerprint density at radius 2 is 1.97 bits per heavy atom. The van der Waals surface area contributed by atoms with Crippen molar-refractivity contribution in [1.82, 2.24) is 9.88 Å². The fourth-order valence-corrected chi connectivity index (χ4v) is 5.21. The van der Waals surface area contributed by atoms with Gasteiger partial charge in [-0.2, -0.15) is 0 Å². The van der Waals surface area contributed by atoms with Crippen LogP contribution in [0.3, 0.4) is 0 Å². The van der Waals surface area contributed by atoms with Crippen molar-refractivity contribution >= 4 is 5.91 Å². The van der Waals surface area contributed by atoms with Gasteiger partial charge in [-0.1, -0.05) is 42.5 Å². The van der Waals surface area contributed by atoms with Crippen molar-refractivity contribution in [3.63, 3.8) is 0 Å². The molecule has 1 aliphatic heterocycles. The summed E-state index contributed by atoms with van der Waals surface area (Å²) in [6, 6.07) is 9.78. The summed E-state index contributed by atoms with van der Waals surface area (Å²) >= 11 is 0. The Hall–Kier alpha value is -2.44. The molecular weight excluding hydrogens is 378 g/mol. The first-order chi connectivity index (χ1) is 14.8. The lowest BCUT2D eigenvalue weighted by Gasteiger charge is -2.30. The van der Waals surface area contributed by atoms with Crippen molar-refractivity contribution in [2.75, 3.05) is 45.9 Å². The summed E-state index contributed by atoms with van der Waals surface area (Å²) in [7, 11) is 0. The van der Waals surface area contributed by atoms with Gasteiger partial charge in [0.25, 0.3) is 5.91 Å². The molecule has 5 rings (SSSR count). The van der Waals surface area contributed by atoms with Gasteiger partial charge in [-0.3, -0.25) is 4.79 Å². The van der Waals surface area contributed by atoms with Crippen LogP contribution < -0.4 is 4.90 Å². The normalized spacial score (nSPS) is 25.7. The first-order valence-electron chi connectivity index (χ1n) is 11.2. The van der Waals surface area contributed by atoms with Crippen molar-refractivity contribution < 1.29 is 18.8 Å². The number of carbonyl (C=O) groups is 1. The lowest BCUT2D eigenvalue weighted by atomic mass is 9.93. The minimum absolute atomic E-state index is 0.0120.